The highest BCUT2D eigenvalue weighted by molar-refractivity contribution is 7.89. The average molecular weight is 305 g/mol. The van der Waals surface area contributed by atoms with Crippen molar-refractivity contribution in [2.45, 2.75) is 18.2 Å². The van der Waals surface area contributed by atoms with E-state index in [1.54, 1.807) is 0 Å². The van der Waals surface area contributed by atoms with Gasteiger partial charge in [0.15, 0.2) is 0 Å². The highest BCUT2D eigenvalue weighted by atomic mass is 32.2. The summed E-state index contributed by atoms with van der Waals surface area (Å²) in [6.07, 6.45) is -0.221. The van der Waals surface area contributed by atoms with E-state index in [1.165, 1.54) is 6.92 Å². The third-order valence-electron chi connectivity index (χ3n) is 2.38. The summed E-state index contributed by atoms with van der Waals surface area (Å²) in [6, 6.07) is 1.59. The lowest BCUT2D eigenvalue weighted by atomic mass is 10.2. The summed E-state index contributed by atoms with van der Waals surface area (Å²) in [5, 5.41) is 10.6. The van der Waals surface area contributed by atoms with Crippen LogP contribution in [0.4, 0.5) is 10.1 Å². The third kappa shape index (κ3) is 3.71. The van der Waals surface area contributed by atoms with Crippen molar-refractivity contribution in [3.8, 4) is 0 Å². The number of nitro groups is 1. The van der Waals surface area contributed by atoms with Crippen molar-refractivity contribution in [1.29, 1.82) is 0 Å². The molecule has 0 atom stereocenters. The lowest BCUT2D eigenvalue weighted by Crippen LogP contribution is -2.28. The topological polar surface area (TPSA) is 132 Å². The molecule has 1 amide bonds. The zero-order chi connectivity index (χ0) is 15.5. The number of aryl methyl sites for hydroxylation is 1. The van der Waals surface area contributed by atoms with Crippen molar-refractivity contribution in [3.63, 3.8) is 0 Å². The third-order valence-corrected chi connectivity index (χ3v) is 3.82. The van der Waals surface area contributed by atoms with Gasteiger partial charge in [-0.3, -0.25) is 14.9 Å². The fraction of sp³-hybridized carbons (Fsp3) is 0.300. The molecule has 0 aliphatic rings. The lowest BCUT2D eigenvalue weighted by Gasteiger charge is -2.07. The van der Waals surface area contributed by atoms with Crippen LogP contribution in [0.5, 0.6) is 0 Å². The largest absolute Gasteiger partial charge is 0.370 e. The first-order valence-corrected chi connectivity index (χ1v) is 6.86. The van der Waals surface area contributed by atoms with Crippen LogP contribution in [0.3, 0.4) is 0 Å². The molecule has 10 heteroatoms. The maximum absolute atomic E-state index is 13.5. The molecule has 1 aromatic rings. The molecule has 8 nitrogen and oxygen atoms in total. The SMILES string of the molecule is Cc1cc(S(=O)(=O)NCCC(N)=O)cc([N+](=O)[O-])c1F. The van der Waals surface area contributed by atoms with E-state index in [1.807, 2.05) is 4.72 Å². The first-order chi connectivity index (χ1) is 9.15. The molecular weight excluding hydrogens is 293 g/mol. The van der Waals surface area contributed by atoms with Gasteiger partial charge in [0.05, 0.1) is 9.82 Å². The van der Waals surface area contributed by atoms with Gasteiger partial charge in [0.25, 0.3) is 0 Å². The summed E-state index contributed by atoms with van der Waals surface area (Å²) in [5.74, 6) is -1.79. The van der Waals surface area contributed by atoms with E-state index in [2.05, 4.69) is 0 Å². The number of halogens is 1. The van der Waals surface area contributed by atoms with Gasteiger partial charge in [-0.25, -0.2) is 13.1 Å². The van der Waals surface area contributed by atoms with Crippen molar-refractivity contribution in [1.82, 2.24) is 4.72 Å². The summed E-state index contributed by atoms with van der Waals surface area (Å²) in [6.45, 7) is 0.965. The minimum Gasteiger partial charge on any atom is -0.370 e. The quantitative estimate of drug-likeness (QED) is 0.572. The second-order valence-corrected chi connectivity index (χ2v) is 5.71. The Bertz CT molecular complexity index is 659. The minimum atomic E-state index is -4.08. The summed E-state index contributed by atoms with van der Waals surface area (Å²) in [4.78, 5) is 19.7. The van der Waals surface area contributed by atoms with Crippen LogP contribution in [-0.2, 0) is 14.8 Å². The molecule has 110 valence electrons. The van der Waals surface area contributed by atoms with Gasteiger partial charge in [0.1, 0.15) is 0 Å². The fourth-order valence-corrected chi connectivity index (χ4v) is 2.53. The van der Waals surface area contributed by atoms with Gasteiger partial charge in [0, 0.05) is 19.0 Å². The van der Waals surface area contributed by atoms with Crippen LogP contribution in [0.15, 0.2) is 17.0 Å². The Labute approximate surface area is 114 Å². The Morgan fingerprint density at radius 3 is 2.60 bits per heavy atom. The first kappa shape index (κ1) is 16.0. The molecule has 0 saturated heterocycles. The number of primary amides is 1. The van der Waals surface area contributed by atoms with Crippen molar-refractivity contribution >= 4 is 21.6 Å². The zero-order valence-electron chi connectivity index (χ0n) is 10.4. The van der Waals surface area contributed by atoms with E-state index in [0.717, 1.165) is 6.07 Å². The molecule has 3 N–H and O–H groups in total. The van der Waals surface area contributed by atoms with Gasteiger partial charge in [-0.2, -0.15) is 4.39 Å². The van der Waals surface area contributed by atoms with Gasteiger partial charge < -0.3 is 5.73 Å². The molecule has 0 fully saturated rings. The number of nitrogens with zero attached hydrogens (tertiary/aromatic N) is 1. The Hall–Kier alpha value is -2.07. The first-order valence-electron chi connectivity index (χ1n) is 5.37. The van der Waals surface area contributed by atoms with Crippen LogP contribution in [0, 0.1) is 22.9 Å². The van der Waals surface area contributed by atoms with Crippen LogP contribution in [-0.4, -0.2) is 25.8 Å². The monoisotopic (exact) mass is 305 g/mol. The Balaban J connectivity index is 3.13. The molecular formula is C10H12FN3O5S. The number of rotatable bonds is 6. The number of nitro benzene ring substituents is 1. The van der Waals surface area contributed by atoms with Crippen LogP contribution in [0.2, 0.25) is 0 Å². The Kier molecular flexibility index (Phi) is 4.73. The summed E-state index contributed by atoms with van der Waals surface area (Å²) in [7, 11) is -4.08. The van der Waals surface area contributed by atoms with E-state index < -0.39 is 37.3 Å². The average Bonchev–Trinajstić information content (AvgIpc) is 2.31. The molecule has 0 aliphatic carbocycles. The molecule has 0 saturated carbocycles. The molecule has 0 aliphatic heterocycles. The maximum Gasteiger partial charge on any atom is 0.306 e. The number of carbonyl (C=O) groups excluding carboxylic acids is 1. The lowest BCUT2D eigenvalue weighted by molar-refractivity contribution is -0.387. The molecule has 0 spiro atoms. The van der Waals surface area contributed by atoms with Crippen molar-refractivity contribution in [3.05, 3.63) is 33.6 Å². The molecule has 1 rings (SSSR count). The summed E-state index contributed by atoms with van der Waals surface area (Å²) in [5.41, 5.74) is 3.75. The number of hydrogen-bond acceptors (Lipinski definition) is 5. The molecule has 0 bridgehead atoms. The molecule has 20 heavy (non-hydrogen) atoms. The number of nitrogens with two attached hydrogens (primary N) is 1. The van der Waals surface area contributed by atoms with Gasteiger partial charge in [-0.05, 0) is 18.6 Å². The molecule has 0 unspecified atom stereocenters. The van der Waals surface area contributed by atoms with Crippen LogP contribution in [0.25, 0.3) is 0 Å². The Morgan fingerprint density at radius 1 is 1.50 bits per heavy atom. The fourth-order valence-electron chi connectivity index (χ4n) is 1.40. The van der Waals surface area contributed by atoms with Crippen molar-refractivity contribution in [2.24, 2.45) is 5.73 Å². The zero-order valence-corrected chi connectivity index (χ0v) is 11.2. The van der Waals surface area contributed by atoms with Gasteiger partial charge in [-0.1, -0.05) is 0 Å². The second kappa shape index (κ2) is 5.92. The van der Waals surface area contributed by atoms with Gasteiger partial charge >= 0.3 is 5.69 Å². The number of amides is 1. The maximum atomic E-state index is 13.5. The van der Waals surface area contributed by atoms with Crippen LogP contribution >= 0.6 is 0 Å². The highest BCUT2D eigenvalue weighted by Gasteiger charge is 2.23. The standard InChI is InChI=1S/C10H12FN3O5S/c1-6-4-7(5-8(10(6)11)14(16)17)20(18,19)13-3-2-9(12)15/h4-5,13H,2-3H2,1H3,(H2,12,15). The molecule has 0 heterocycles. The van der Waals surface area contributed by atoms with E-state index in [0.29, 0.717) is 6.07 Å². The predicted molar refractivity (Wildman–Crippen MR) is 66.8 cm³/mol. The second-order valence-electron chi connectivity index (χ2n) is 3.94. The molecule has 0 radical (unpaired) electrons. The number of benzene rings is 1. The van der Waals surface area contributed by atoms with Crippen LogP contribution < -0.4 is 10.5 Å². The van der Waals surface area contributed by atoms with Crippen molar-refractivity contribution in [2.75, 3.05) is 6.54 Å². The molecule has 0 aromatic heterocycles. The highest BCUT2D eigenvalue weighted by Crippen LogP contribution is 2.24. The minimum absolute atomic E-state index is 0.172. The van der Waals surface area contributed by atoms with Gasteiger partial charge in [-0.15, -0.1) is 0 Å². The molecule has 1 aromatic carbocycles. The smallest absolute Gasteiger partial charge is 0.306 e. The van der Waals surface area contributed by atoms with E-state index in [4.69, 9.17) is 5.73 Å². The number of nitrogens with one attached hydrogen (secondary N) is 1. The van der Waals surface area contributed by atoms with E-state index >= 15 is 0 Å². The van der Waals surface area contributed by atoms with Gasteiger partial charge in [0.2, 0.25) is 21.7 Å². The summed E-state index contributed by atoms with van der Waals surface area (Å²) >= 11 is 0. The normalized spacial score (nSPS) is 11.3. The number of carbonyl (C=O) groups is 1. The van der Waals surface area contributed by atoms with Crippen LogP contribution in [0.1, 0.15) is 12.0 Å². The van der Waals surface area contributed by atoms with Crippen molar-refractivity contribution < 1.29 is 22.5 Å². The van der Waals surface area contributed by atoms with E-state index in [9.17, 15) is 27.7 Å². The predicted octanol–water partition coefficient (Wildman–Crippen LogP) is 0.196. The number of sulfonamides is 1. The Morgan fingerprint density at radius 2 is 2.10 bits per heavy atom. The number of hydrogen-bond donors (Lipinski definition) is 2. The summed E-state index contributed by atoms with van der Waals surface area (Å²) < 4.78 is 39.2. The van der Waals surface area contributed by atoms with E-state index in [-0.39, 0.29) is 18.5 Å².